The Balaban J connectivity index is 1.91. The van der Waals surface area contributed by atoms with Crippen LogP contribution < -0.4 is 14.8 Å². The number of aromatic hydroxyl groups is 1. The van der Waals surface area contributed by atoms with Crippen molar-refractivity contribution in [2.75, 3.05) is 13.2 Å². The van der Waals surface area contributed by atoms with Gasteiger partial charge in [-0.2, -0.15) is 0 Å². The quantitative estimate of drug-likeness (QED) is 0.482. The summed E-state index contributed by atoms with van der Waals surface area (Å²) < 4.78 is 10.7. The van der Waals surface area contributed by atoms with Crippen LogP contribution in [0.15, 0.2) is 48.5 Å². The Kier molecular flexibility index (Phi) is 8.22. The van der Waals surface area contributed by atoms with Crippen molar-refractivity contribution in [3.8, 4) is 17.2 Å². The van der Waals surface area contributed by atoms with E-state index in [0.29, 0.717) is 12.2 Å². The molecule has 0 spiro atoms. The summed E-state index contributed by atoms with van der Waals surface area (Å²) >= 11 is 0. The Bertz CT molecular complexity index is 882. The Labute approximate surface area is 174 Å². The minimum atomic E-state index is -1.11. The third-order valence-corrected chi connectivity index (χ3v) is 4.55. The van der Waals surface area contributed by atoms with Gasteiger partial charge in [-0.25, -0.2) is 4.79 Å². The summed E-state index contributed by atoms with van der Waals surface area (Å²) in [6.07, 6.45) is 0.593. The van der Waals surface area contributed by atoms with E-state index in [2.05, 4.69) is 5.32 Å². The summed E-state index contributed by atoms with van der Waals surface area (Å²) in [6.45, 7) is 2.89. The number of ketones is 1. The molecule has 1 amide bonds. The molecule has 0 heterocycles. The molecule has 0 aliphatic heterocycles. The van der Waals surface area contributed by atoms with Crippen molar-refractivity contribution < 1.29 is 34.1 Å². The third kappa shape index (κ3) is 6.51. The van der Waals surface area contributed by atoms with Crippen LogP contribution in [0.2, 0.25) is 0 Å². The maximum Gasteiger partial charge on any atom is 0.326 e. The molecule has 0 saturated heterocycles. The number of phenolic OH excluding ortho intramolecular Hbond substituents is 1. The summed E-state index contributed by atoms with van der Waals surface area (Å²) in [6, 6.07) is 11.8. The Morgan fingerprint density at radius 3 is 2.27 bits per heavy atom. The minimum absolute atomic E-state index is 0.0606. The van der Waals surface area contributed by atoms with Crippen molar-refractivity contribution >= 4 is 17.7 Å². The van der Waals surface area contributed by atoms with Crippen molar-refractivity contribution in [2.24, 2.45) is 5.92 Å². The number of phenols is 1. The van der Waals surface area contributed by atoms with E-state index in [-0.39, 0.29) is 29.6 Å². The molecule has 3 N–H and O–H groups in total. The third-order valence-electron chi connectivity index (χ3n) is 4.55. The van der Waals surface area contributed by atoms with Crippen LogP contribution in [0.1, 0.15) is 30.6 Å². The van der Waals surface area contributed by atoms with Gasteiger partial charge in [-0.3, -0.25) is 9.59 Å². The average molecular weight is 415 g/mol. The maximum absolute atomic E-state index is 12.2. The molecule has 0 aromatic heterocycles. The molecule has 2 atom stereocenters. The molecule has 2 aromatic carbocycles. The van der Waals surface area contributed by atoms with E-state index >= 15 is 0 Å². The van der Waals surface area contributed by atoms with Gasteiger partial charge in [0.25, 0.3) is 5.91 Å². The number of carbonyl (C=O) groups excluding carboxylic acids is 2. The lowest BCUT2D eigenvalue weighted by atomic mass is 9.99. The monoisotopic (exact) mass is 415 g/mol. The lowest BCUT2D eigenvalue weighted by Crippen LogP contribution is -2.46. The normalized spacial score (nSPS) is 12.5. The zero-order valence-corrected chi connectivity index (χ0v) is 16.8. The second-order valence-corrected chi connectivity index (χ2v) is 6.76. The number of amides is 1. The number of carboxylic acid groups (broad SMARTS) is 1. The summed E-state index contributed by atoms with van der Waals surface area (Å²) in [7, 11) is 0. The van der Waals surface area contributed by atoms with E-state index in [4.69, 9.17) is 9.47 Å². The number of benzene rings is 2. The van der Waals surface area contributed by atoms with Gasteiger partial charge in [-0.15, -0.1) is 0 Å². The second-order valence-electron chi connectivity index (χ2n) is 6.76. The Morgan fingerprint density at radius 2 is 1.67 bits per heavy atom. The number of aliphatic carboxylic acids is 1. The van der Waals surface area contributed by atoms with Gasteiger partial charge in [0.1, 0.15) is 23.3 Å². The number of carboxylic acids is 1. The van der Waals surface area contributed by atoms with E-state index in [9.17, 15) is 24.6 Å². The first-order valence-corrected chi connectivity index (χ1v) is 9.50. The molecule has 0 aliphatic carbocycles. The van der Waals surface area contributed by atoms with Crippen LogP contribution in [0.3, 0.4) is 0 Å². The SMILES string of the molecule is CC[C@H](C)[C@H](NC(=O)COc1ccc(C(=O)COc2ccccc2)c(O)c1)C(=O)O. The maximum atomic E-state index is 12.2. The molecule has 160 valence electrons. The molecule has 0 unspecified atom stereocenters. The van der Waals surface area contributed by atoms with Gasteiger partial charge in [-0.05, 0) is 30.2 Å². The van der Waals surface area contributed by atoms with Gasteiger partial charge >= 0.3 is 5.97 Å². The topological polar surface area (TPSA) is 122 Å². The highest BCUT2D eigenvalue weighted by molar-refractivity contribution is 5.99. The highest BCUT2D eigenvalue weighted by atomic mass is 16.5. The molecule has 2 rings (SSSR count). The van der Waals surface area contributed by atoms with Gasteiger partial charge in [0.15, 0.2) is 13.2 Å². The highest BCUT2D eigenvalue weighted by Crippen LogP contribution is 2.24. The molecule has 0 bridgehead atoms. The molecule has 2 aromatic rings. The van der Waals surface area contributed by atoms with Crippen molar-refractivity contribution in [1.82, 2.24) is 5.32 Å². The lowest BCUT2D eigenvalue weighted by molar-refractivity contribution is -0.143. The van der Waals surface area contributed by atoms with Crippen molar-refractivity contribution in [1.29, 1.82) is 0 Å². The molecule has 0 saturated carbocycles. The number of carbonyl (C=O) groups is 3. The number of para-hydroxylation sites is 1. The van der Waals surface area contributed by atoms with E-state index in [0.717, 1.165) is 0 Å². The van der Waals surface area contributed by atoms with Gasteiger partial charge in [0.05, 0.1) is 5.56 Å². The predicted octanol–water partition coefficient (Wildman–Crippen LogP) is 2.65. The van der Waals surface area contributed by atoms with Gasteiger partial charge < -0.3 is 25.0 Å². The summed E-state index contributed by atoms with van der Waals surface area (Å²) in [5, 5.41) is 21.7. The van der Waals surface area contributed by atoms with E-state index < -0.39 is 30.3 Å². The molecule has 8 nitrogen and oxygen atoms in total. The van der Waals surface area contributed by atoms with Crippen molar-refractivity contribution in [2.45, 2.75) is 26.3 Å². The molecule has 30 heavy (non-hydrogen) atoms. The van der Waals surface area contributed by atoms with Crippen LogP contribution in [0.4, 0.5) is 0 Å². The van der Waals surface area contributed by atoms with Crippen LogP contribution in [-0.2, 0) is 9.59 Å². The number of hydrogen-bond donors (Lipinski definition) is 3. The van der Waals surface area contributed by atoms with Gasteiger partial charge in [0, 0.05) is 6.07 Å². The number of rotatable bonds is 11. The van der Waals surface area contributed by atoms with E-state index in [1.807, 2.05) is 13.0 Å². The fourth-order valence-electron chi connectivity index (χ4n) is 2.63. The fraction of sp³-hybridized carbons (Fsp3) is 0.318. The van der Waals surface area contributed by atoms with Crippen molar-refractivity contribution in [3.05, 3.63) is 54.1 Å². The first-order chi connectivity index (χ1) is 14.3. The summed E-state index contributed by atoms with van der Waals surface area (Å²) in [5.41, 5.74) is 0.0606. The average Bonchev–Trinajstić information content (AvgIpc) is 2.74. The fourth-order valence-corrected chi connectivity index (χ4v) is 2.63. The molecular formula is C22H25NO7. The largest absolute Gasteiger partial charge is 0.507 e. The zero-order chi connectivity index (χ0) is 22.1. The second kappa shape index (κ2) is 10.8. The van der Waals surface area contributed by atoms with Crippen LogP contribution in [0.5, 0.6) is 17.2 Å². The van der Waals surface area contributed by atoms with E-state index in [1.165, 1.54) is 18.2 Å². The summed E-state index contributed by atoms with van der Waals surface area (Å²) in [4.78, 5) is 35.5. The predicted molar refractivity (Wildman–Crippen MR) is 109 cm³/mol. The van der Waals surface area contributed by atoms with E-state index in [1.54, 1.807) is 31.2 Å². The Morgan fingerprint density at radius 1 is 1.00 bits per heavy atom. The summed E-state index contributed by atoms with van der Waals surface area (Å²) in [5.74, 6) is -1.98. The van der Waals surface area contributed by atoms with Gasteiger partial charge in [0.2, 0.25) is 5.78 Å². The van der Waals surface area contributed by atoms with Gasteiger partial charge in [-0.1, -0.05) is 38.5 Å². The minimum Gasteiger partial charge on any atom is -0.507 e. The van der Waals surface area contributed by atoms with Crippen molar-refractivity contribution in [3.63, 3.8) is 0 Å². The number of Topliss-reactive ketones (excluding diaryl/α,β-unsaturated/α-hetero) is 1. The molecular weight excluding hydrogens is 390 g/mol. The molecule has 0 radical (unpaired) electrons. The smallest absolute Gasteiger partial charge is 0.326 e. The molecule has 8 heteroatoms. The molecule has 0 aliphatic rings. The number of hydrogen-bond acceptors (Lipinski definition) is 6. The standard InChI is InChI=1S/C22H25NO7/c1-3-14(2)21(22(27)28)23-20(26)13-30-16-9-10-17(18(24)11-16)19(25)12-29-15-7-5-4-6-8-15/h4-11,14,21,24H,3,12-13H2,1-2H3,(H,23,26)(H,27,28)/t14-,21-/m0/s1. The first-order valence-electron chi connectivity index (χ1n) is 9.50. The molecule has 0 fully saturated rings. The van der Waals surface area contributed by atoms with Crippen LogP contribution in [-0.4, -0.2) is 47.1 Å². The number of ether oxygens (including phenoxy) is 2. The lowest BCUT2D eigenvalue weighted by Gasteiger charge is -2.20. The highest BCUT2D eigenvalue weighted by Gasteiger charge is 2.25. The van der Waals surface area contributed by atoms with Crippen LogP contribution in [0.25, 0.3) is 0 Å². The zero-order valence-electron chi connectivity index (χ0n) is 16.8. The first kappa shape index (κ1) is 22.7. The van der Waals surface area contributed by atoms with Crippen LogP contribution in [0, 0.1) is 5.92 Å². The van der Waals surface area contributed by atoms with Crippen LogP contribution >= 0.6 is 0 Å². The number of nitrogens with one attached hydrogen (secondary N) is 1. The Hall–Kier alpha value is -3.55.